The third kappa shape index (κ3) is 2.70. The van der Waals surface area contributed by atoms with Gasteiger partial charge in [-0.3, -0.25) is 10.1 Å². The lowest BCUT2D eigenvalue weighted by atomic mass is 10.1. The number of aromatic nitrogens is 1. The summed E-state index contributed by atoms with van der Waals surface area (Å²) < 4.78 is 1.44. The first-order chi connectivity index (χ1) is 11.4. The number of non-ortho nitro benzene ring substituents is 1. The van der Waals surface area contributed by atoms with Crippen molar-refractivity contribution in [3.63, 3.8) is 0 Å². The minimum Gasteiger partial charge on any atom is -0.479 e. The molecule has 0 radical (unpaired) electrons. The maximum absolute atomic E-state index is 11.9. The number of nitro benzene ring substituents is 1. The molecule has 0 saturated carbocycles. The topological polar surface area (TPSA) is 85.4 Å². The Hall–Kier alpha value is -2.57. The predicted octanol–water partition coefficient (Wildman–Crippen LogP) is 4.53. The summed E-state index contributed by atoms with van der Waals surface area (Å²) in [6.45, 7) is 0. The van der Waals surface area contributed by atoms with E-state index in [4.69, 9.17) is 23.2 Å². The lowest BCUT2D eigenvalue weighted by molar-refractivity contribution is -0.383. The number of halogens is 2. The summed E-state index contributed by atoms with van der Waals surface area (Å²) in [6.07, 6.45) is 1.50. The third-order valence-electron chi connectivity index (χ3n) is 3.71. The van der Waals surface area contributed by atoms with Crippen molar-refractivity contribution in [1.29, 1.82) is 0 Å². The van der Waals surface area contributed by atoms with Gasteiger partial charge in [-0.25, -0.2) is 4.79 Å². The highest BCUT2D eigenvalue weighted by Gasteiger charge is 2.27. The molecule has 122 valence electrons. The van der Waals surface area contributed by atoms with E-state index in [1.54, 1.807) is 12.1 Å². The summed E-state index contributed by atoms with van der Waals surface area (Å²) in [6, 6.07) is 9.45. The Balaban J connectivity index is 2.24. The first-order valence-corrected chi connectivity index (χ1v) is 7.57. The number of hydrogen-bond donors (Lipinski definition) is 1. The van der Waals surface area contributed by atoms with Gasteiger partial charge in [-0.1, -0.05) is 35.3 Å². The van der Waals surface area contributed by atoms with Crippen molar-refractivity contribution in [3.8, 4) is 0 Å². The number of hydrogen-bond acceptors (Lipinski definition) is 3. The monoisotopic (exact) mass is 364 g/mol. The Morgan fingerprint density at radius 1 is 1.21 bits per heavy atom. The van der Waals surface area contributed by atoms with Gasteiger partial charge < -0.3 is 9.67 Å². The molecular weight excluding hydrogens is 355 g/mol. The minimum atomic E-state index is -1.14. The molecule has 3 aromatic rings. The van der Waals surface area contributed by atoms with E-state index in [1.165, 1.54) is 41.1 Å². The second kappa shape index (κ2) is 6.14. The molecule has 0 saturated heterocycles. The van der Waals surface area contributed by atoms with E-state index in [0.717, 1.165) is 0 Å². The molecule has 0 amide bonds. The first kappa shape index (κ1) is 16.3. The van der Waals surface area contributed by atoms with Crippen molar-refractivity contribution in [2.24, 2.45) is 0 Å². The molecule has 1 atom stereocenters. The first-order valence-electron chi connectivity index (χ1n) is 6.82. The Kier molecular flexibility index (Phi) is 4.17. The largest absolute Gasteiger partial charge is 0.479 e. The van der Waals surface area contributed by atoms with Gasteiger partial charge in [0.1, 0.15) is 0 Å². The number of carbonyl (C=O) groups is 1. The molecule has 6 nitrogen and oxygen atoms in total. The SMILES string of the molecule is O=C(O)C(c1ccc(Cl)cc1Cl)n1ccc2c([N+](=O)[O-])cccc21. The van der Waals surface area contributed by atoms with Crippen molar-refractivity contribution >= 4 is 45.8 Å². The van der Waals surface area contributed by atoms with Gasteiger partial charge in [0.25, 0.3) is 5.69 Å². The predicted molar refractivity (Wildman–Crippen MR) is 90.8 cm³/mol. The van der Waals surface area contributed by atoms with Crippen molar-refractivity contribution in [1.82, 2.24) is 4.57 Å². The molecule has 1 N–H and O–H groups in total. The zero-order chi connectivity index (χ0) is 17.4. The second-order valence-corrected chi connectivity index (χ2v) is 5.94. The average molecular weight is 365 g/mol. The van der Waals surface area contributed by atoms with E-state index < -0.39 is 16.9 Å². The highest BCUT2D eigenvalue weighted by molar-refractivity contribution is 6.35. The number of carboxylic acid groups (broad SMARTS) is 1. The van der Waals surface area contributed by atoms with E-state index in [9.17, 15) is 20.0 Å². The molecule has 8 heteroatoms. The molecule has 1 heterocycles. The third-order valence-corrected chi connectivity index (χ3v) is 4.27. The molecule has 0 spiro atoms. The van der Waals surface area contributed by atoms with Gasteiger partial charge in [0, 0.05) is 27.9 Å². The fourth-order valence-electron chi connectivity index (χ4n) is 2.68. The van der Waals surface area contributed by atoms with Crippen LogP contribution in [0.15, 0.2) is 48.7 Å². The molecule has 1 aromatic heterocycles. The maximum atomic E-state index is 11.9. The van der Waals surface area contributed by atoms with Crippen LogP contribution in [0.5, 0.6) is 0 Å². The molecule has 0 bridgehead atoms. The minimum absolute atomic E-state index is 0.0856. The summed E-state index contributed by atoms with van der Waals surface area (Å²) in [7, 11) is 0. The van der Waals surface area contributed by atoms with Crippen LogP contribution in [0.2, 0.25) is 10.0 Å². The summed E-state index contributed by atoms with van der Waals surface area (Å²) in [5.74, 6) is -1.14. The fourth-order valence-corrected chi connectivity index (χ4v) is 3.19. The molecule has 1 unspecified atom stereocenters. The van der Waals surface area contributed by atoms with Crippen LogP contribution < -0.4 is 0 Å². The highest BCUT2D eigenvalue weighted by Crippen LogP contribution is 2.34. The zero-order valence-corrected chi connectivity index (χ0v) is 13.5. The number of nitrogens with zero attached hydrogens (tertiary/aromatic N) is 2. The standard InChI is InChI=1S/C16H10Cl2N2O4/c17-9-4-5-10(12(18)8-9)15(16(21)22)19-7-6-11-13(19)2-1-3-14(11)20(23)24/h1-8,15H,(H,21,22). The molecule has 3 rings (SSSR count). The van der Waals surface area contributed by atoms with Gasteiger partial charge >= 0.3 is 5.97 Å². The van der Waals surface area contributed by atoms with Gasteiger partial charge in [-0.15, -0.1) is 0 Å². The number of fused-ring (bicyclic) bond motifs is 1. The van der Waals surface area contributed by atoms with E-state index in [1.807, 2.05) is 0 Å². The lowest BCUT2D eigenvalue weighted by Gasteiger charge is -2.18. The Bertz CT molecular complexity index is 968. The summed E-state index contributed by atoms with van der Waals surface area (Å²) in [4.78, 5) is 22.5. The van der Waals surface area contributed by atoms with E-state index in [-0.39, 0.29) is 10.7 Å². The van der Waals surface area contributed by atoms with Crippen LogP contribution >= 0.6 is 23.2 Å². The van der Waals surface area contributed by atoms with Crippen LogP contribution in [0.3, 0.4) is 0 Å². The van der Waals surface area contributed by atoms with E-state index >= 15 is 0 Å². The number of rotatable bonds is 4. The molecule has 0 aliphatic rings. The fraction of sp³-hybridized carbons (Fsp3) is 0.0625. The van der Waals surface area contributed by atoms with Crippen molar-refractivity contribution in [2.45, 2.75) is 6.04 Å². The summed E-state index contributed by atoms with van der Waals surface area (Å²) >= 11 is 12.0. The highest BCUT2D eigenvalue weighted by atomic mass is 35.5. The van der Waals surface area contributed by atoms with E-state index in [0.29, 0.717) is 21.5 Å². The normalized spacial score (nSPS) is 12.2. The second-order valence-electron chi connectivity index (χ2n) is 5.10. The van der Waals surface area contributed by atoms with Gasteiger partial charge in [0.2, 0.25) is 0 Å². The van der Waals surface area contributed by atoms with Crippen LogP contribution in [-0.4, -0.2) is 20.6 Å². The van der Waals surface area contributed by atoms with Crippen LogP contribution in [0, 0.1) is 10.1 Å². The summed E-state index contributed by atoms with van der Waals surface area (Å²) in [5, 5.41) is 21.8. The number of nitro groups is 1. The number of aliphatic carboxylic acids is 1. The number of carboxylic acids is 1. The number of benzene rings is 2. The van der Waals surface area contributed by atoms with Crippen LogP contribution in [0.4, 0.5) is 5.69 Å². The molecule has 2 aromatic carbocycles. The van der Waals surface area contributed by atoms with Crippen molar-refractivity contribution in [2.75, 3.05) is 0 Å². The smallest absolute Gasteiger partial charge is 0.331 e. The molecule has 0 fully saturated rings. The van der Waals surface area contributed by atoms with Crippen molar-refractivity contribution in [3.05, 3.63) is 74.4 Å². The molecular formula is C16H10Cl2N2O4. The maximum Gasteiger partial charge on any atom is 0.331 e. The molecule has 24 heavy (non-hydrogen) atoms. The van der Waals surface area contributed by atoms with Crippen LogP contribution in [0.25, 0.3) is 10.9 Å². The van der Waals surface area contributed by atoms with Crippen molar-refractivity contribution < 1.29 is 14.8 Å². The molecule has 0 aliphatic heterocycles. The Morgan fingerprint density at radius 2 is 1.96 bits per heavy atom. The Morgan fingerprint density at radius 3 is 2.58 bits per heavy atom. The summed E-state index contributed by atoms with van der Waals surface area (Å²) in [5.41, 5.74) is 0.692. The van der Waals surface area contributed by atoms with Gasteiger partial charge in [-0.05, 0) is 24.3 Å². The quantitative estimate of drug-likeness (QED) is 0.544. The lowest BCUT2D eigenvalue weighted by Crippen LogP contribution is -2.20. The van der Waals surface area contributed by atoms with Crippen LogP contribution in [-0.2, 0) is 4.79 Å². The zero-order valence-electron chi connectivity index (χ0n) is 12.0. The van der Waals surface area contributed by atoms with Crippen LogP contribution in [0.1, 0.15) is 11.6 Å². The van der Waals surface area contributed by atoms with Gasteiger partial charge in [0.15, 0.2) is 6.04 Å². The average Bonchev–Trinajstić information content (AvgIpc) is 2.93. The van der Waals surface area contributed by atoms with E-state index in [2.05, 4.69) is 0 Å². The Labute approximate surface area is 146 Å². The van der Waals surface area contributed by atoms with Gasteiger partial charge in [0.05, 0.1) is 15.8 Å². The van der Waals surface area contributed by atoms with Gasteiger partial charge in [-0.2, -0.15) is 0 Å². The molecule has 0 aliphatic carbocycles.